The van der Waals surface area contributed by atoms with Gasteiger partial charge in [-0.25, -0.2) is 0 Å². The highest BCUT2D eigenvalue weighted by atomic mass is 16.5. The first-order chi connectivity index (χ1) is 9.33. The Hall–Kier alpha value is -1.36. The molecule has 1 aromatic heterocycles. The average Bonchev–Trinajstić information content (AvgIpc) is 2.46. The van der Waals surface area contributed by atoms with Crippen molar-refractivity contribution in [2.24, 2.45) is 5.92 Å². The summed E-state index contributed by atoms with van der Waals surface area (Å²) in [5.74, 6) is 2.35. The Kier molecular flexibility index (Phi) is 5.39. The molecule has 2 rings (SSSR count). The van der Waals surface area contributed by atoms with Crippen LogP contribution in [0.25, 0.3) is 0 Å². The highest BCUT2D eigenvalue weighted by molar-refractivity contribution is 5.37. The van der Waals surface area contributed by atoms with Crippen LogP contribution in [0.5, 0.6) is 5.88 Å². The molecule has 1 aromatic rings. The van der Waals surface area contributed by atoms with Crippen LogP contribution in [0.15, 0.2) is 12.4 Å². The molecule has 1 saturated heterocycles. The molecule has 0 aromatic carbocycles. The summed E-state index contributed by atoms with van der Waals surface area (Å²) in [6.07, 6.45) is 5.93. The fourth-order valence-corrected chi connectivity index (χ4v) is 2.42. The molecule has 0 saturated carbocycles. The van der Waals surface area contributed by atoms with Crippen LogP contribution in [-0.2, 0) is 0 Å². The van der Waals surface area contributed by atoms with Crippen molar-refractivity contribution >= 4 is 5.82 Å². The third kappa shape index (κ3) is 4.06. The zero-order valence-corrected chi connectivity index (χ0v) is 11.9. The smallest absolute Gasteiger partial charge is 0.234 e. The second-order valence-electron chi connectivity index (χ2n) is 4.89. The number of ether oxygens (including phenoxy) is 1. The molecule has 2 heterocycles. The van der Waals surface area contributed by atoms with Crippen LogP contribution < -0.4 is 15.0 Å². The van der Waals surface area contributed by atoms with Gasteiger partial charge in [0.25, 0.3) is 0 Å². The normalized spacial score (nSPS) is 16.6. The maximum Gasteiger partial charge on any atom is 0.234 e. The van der Waals surface area contributed by atoms with Crippen LogP contribution in [0, 0.1) is 5.92 Å². The molecule has 1 fully saturated rings. The minimum absolute atomic E-state index is 0.620. The minimum atomic E-state index is 0.620. The first kappa shape index (κ1) is 14.1. The van der Waals surface area contributed by atoms with Crippen molar-refractivity contribution in [1.82, 2.24) is 15.3 Å². The third-order valence-corrected chi connectivity index (χ3v) is 3.51. The van der Waals surface area contributed by atoms with Gasteiger partial charge in [-0.1, -0.05) is 6.92 Å². The zero-order valence-electron chi connectivity index (χ0n) is 11.9. The Morgan fingerprint density at radius 3 is 2.79 bits per heavy atom. The van der Waals surface area contributed by atoms with Gasteiger partial charge < -0.3 is 15.0 Å². The Labute approximate surface area is 115 Å². The second kappa shape index (κ2) is 7.28. The summed E-state index contributed by atoms with van der Waals surface area (Å²) in [5, 5.41) is 3.43. The molecule has 0 unspecified atom stereocenters. The molecular weight excluding hydrogens is 240 g/mol. The molecule has 19 heavy (non-hydrogen) atoms. The predicted molar refractivity (Wildman–Crippen MR) is 76.7 cm³/mol. The summed E-state index contributed by atoms with van der Waals surface area (Å²) in [4.78, 5) is 11.0. The predicted octanol–water partition coefficient (Wildman–Crippen LogP) is 1.70. The van der Waals surface area contributed by atoms with E-state index in [9.17, 15) is 0 Å². The van der Waals surface area contributed by atoms with E-state index in [-0.39, 0.29) is 0 Å². The largest absolute Gasteiger partial charge is 0.477 e. The molecule has 0 amide bonds. The monoisotopic (exact) mass is 264 g/mol. The number of aromatic nitrogens is 2. The van der Waals surface area contributed by atoms with Gasteiger partial charge in [0.1, 0.15) is 0 Å². The molecule has 1 N–H and O–H groups in total. The Bertz CT molecular complexity index is 377. The van der Waals surface area contributed by atoms with E-state index in [4.69, 9.17) is 4.74 Å². The summed E-state index contributed by atoms with van der Waals surface area (Å²) in [6, 6.07) is 0. The van der Waals surface area contributed by atoms with Crippen molar-refractivity contribution in [2.75, 3.05) is 37.7 Å². The van der Waals surface area contributed by atoms with E-state index in [2.05, 4.69) is 27.1 Å². The van der Waals surface area contributed by atoms with E-state index >= 15 is 0 Å². The Morgan fingerprint density at radius 2 is 2.11 bits per heavy atom. The summed E-state index contributed by atoms with van der Waals surface area (Å²) in [5.41, 5.74) is 0. The number of anilines is 1. The zero-order chi connectivity index (χ0) is 13.5. The van der Waals surface area contributed by atoms with Gasteiger partial charge in [0.05, 0.1) is 19.0 Å². The van der Waals surface area contributed by atoms with E-state index < -0.39 is 0 Å². The topological polar surface area (TPSA) is 50.3 Å². The van der Waals surface area contributed by atoms with Crippen molar-refractivity contribution in [3.8, 4) is 5.88 Å². The molecule has 5 nitrogen and oxygen atoms in total. The lowest BCUT2D eigenvalue weighted by Crippen LogP contribution is -2.37. The van der Waals surface area contributed by atoms with Crippen LogP contribution in [0.2, 0.25) is 0 Å². The number of piperidine rings is 1. The molecule has 106 valence electrons. The number of nitrogens with zero attached hydrogens (tertiary/aromatic N) is 3. The van der Waals surface area contributed by atoms with Crippen molar-refractivity contribution in [1.29, 1.82) is 0 Å². The van der Waals surface area contributed by atoms with Crippen molar-refractivity contribution in [3.63, 3.8) is 0 Å². The lowest BCUT2D eigenvalue weighted by molar-refractivity contribution is 0.324. The van der Waals surface area contributed by atoms with Gasteiger partial charge in [-0.05, 0) is 38.8 Å². The highest BCUT2D eigenvalue weighted by Gasteiger charge is 2.20. The SMILES string of the molecule is CCNCC1CCN(c2cncc(OCC)n2)CC1. The summed E-state index contributed by atoms with van der Waals surface area (Å²) in [7, 11) is 0. The molecule has 0 radical (unpaired) electrons. The Morgan fingerprint density at radius 1 is 1.32 bits per heavy atom. The number of nitrogens with one attached hydrogen (secondary N) is 1. The quantitative estimate of drug-likeness (QED) is 0.847. The van der Waals surface area contributed by atoms with Gasteiger partial charge in [0.2, 0.25) is 5.88 Å². The average molecular weight is 264 g/mol. The van der Waals surface area contributed by atoms with Crippen molar-refractivity contribution in [2.45, 2.75) is 26.7 Å². The summed E-state index contributed by atoms with van der Waals surface area (Å²) in [6.45, 7) is 9.05. The lowest BCUT2D eigenvalue weighted by Gasteiger charge is -2.32. The van der Waals surface area contributed by atoms with E-state index in [0.29, 0.717) is 12.5 Å². The molecule has 0 atom stereocenters. The molecule has 0 aliphatic carbocycles. The first-order valence-corrected chi connectivity index (χ1v) is 7.24. The van der Waals surface area contributed by atoms with Gasteiger partial charge >= 0.3 is 0 Å². The second-order valence-corrected chi connectivity index (χ2v) is 4.89. The molecule has 0 bridgehead atoms. The molecule has 0 spiro atoms. The van der Waals surface area contributed by atoms with Crippen LogP contribution in [0.4, 0.5) is 5.82 Å². The van der Waals surface area contributed by atoms with Crippen LogP contribution in [0.1, 0.15) is 26.7 Å². The fraction of sp³-hybridized carbons (Fsp3) is 0.714. The van der Waals surface area contributed by atoms with Crippen LogP contribution in [-0.4, -0.2) is 42.8 Å². The first-order valence-electron chi connectivity index (χ1n) is 7.24. The molecular formula is C14H24N4O. The standard InChI is InChI=1S/C14H24N4O/c1-3-15-9-12-5-7-18(8-6-12)13-10-16-11-14(17-13)19-4-2/h10-12,15H,3-9H2,1-2H3. The lowest BCUT2D eigenvalue weighted by atomic mass is 9.97. The minimum Gasteiger partial charge on any atom is -0.477 e. The summed E-state index contributed by atoms with van der Waals surface area (Å²) >= 11 is 0. The number of hydrogen-bond donors (Lipinski definition) is 1. The summed E-state index contributed by atoms with van der Waals surface area (Å²) < 4.78 is 5.40. The third-order valence-electron chi connectivity index (χ3n) is 3.51. The van der Waals surface area contributed by atoms with Crippen molar-refractivity contribution in [3.05, 3.63) is 12.4 Å². The van der Waals surface area contributed by atoms with Crippen LogP contribution in [0.3, 0.4) is 0 Å². The molecule has 1 aliphatic rings. The number of rotatable bonds is 6. The van der Waals surface area contributed by atoms with E-state index in [1.165, 1.54) is 12.8 Å². The highest BCUT2D eigenvalue weighted by Crippen LogP contribution is 2.22. The maximum atomic E-state index is 5.40. The van der Waals surface area contributed by atoms with E-state index in [0.717, 1.165) is 37.9 Å². The van der Waals surface area contributed by atoms with Gasteiger partial charge in [-0.2, -0.15) is 4.98 Å². The maximum absolute atomic E-state index is 5.40. The van der Waals surface area contributed by atoms with Gasteiger partial charge in [0.15, 0.2) is 5.82 Å². The van der Waals surface area contributed by atoms with Gasteiger partial charge in [-0.15, -0.1) is 0 Å². The van der Waals surface area contributed by atoms with Crippen molar-refractivity contribution < 1.29 is 4.74 Å². The van der Waals surface area contributed by atoms with Gasteiger partial charge in [0, 0.05) is 13.1 Å². The molecule has 1 aliphatic heterocycles. The fourth-order valence-electron chi connectivity index (χ4n) is 2.42. The van der Waals surface area contributed by atoms with E-state index in [1.807, 2.05) is 13.1 Å². The Balaban J connectivity index is 1.88. The van der Waals surface area contributed by atoms with Crippen LogP contribution >= 0.6 is 0 Å². The van der Waals surface area contributed by atoms with E-state index in [1.54, 1.807) is 6.20 Å². The van der Waals surface area contributed by atoms with Gasteiger partial charge in [-0.3, -0.25) is 4.98 Å². The molecule has 5 heteroatoms. The number of hydrogen-bond acceptors (Lipinski definition) is 5.